The molecule has 1 aliphatic rings. The van der Waals surface area contributed by atoms with Gasteiger partial charge in [0.05, 0.1) is 34.2 Å². The van der Waals surface area contributed by atoms with Crippen LogP contribution in [0, 0.1) is 0 Å². The summed E-state index contributed by atoms with van der Waals surface area (Å²) in [6, 6.07) is 13.0. The van der Waals surface area contributed by atoms with Crippen molar-refractivity contribution in [3.8, 4) is 0 Å². The van der Waals surface area contributed by atoms with Crippen molar-refractivity contribution in [2.75, 3.05) is 19.8 Å². The Morgan fingerprint density at radius 2 is 1.97 bits per heavy atom. The number of ether oxygens (including phenoxy) is 2. The van der Waals surface area contributed by atoms with Gasteiger partial charge in [0.1, 0.15) is 0 Å². The number of carbonyl (C=O) groups is 1. The molecule has 0 saturated carbocycles. The molecule has 0 radical (unpaired) electrons. The fraction of sp³-hybridized carbons (Fsp3) is 0.364. The topological polar surface area (TPSA) is 119 Å². The highest BCUT2D eigenvalue weighted by Crippen LogP contribution is 2.15. The quantitative estimate of drug-likeness (QED) is 0.373. The number of aromatic nitrogens is 2. The normalized spacial score (nSPS) is 16.4. The van der Waals surface area contributed by atoms with Crippen molar-refractivity contribution in [1.82, 2.24) is 14.3 Å². The number of carbonyl (C=O) groups excluding carboxylic acids is 1. The van der Waals surface area contributed by atoms with Gasteiger partial charge in [0.2, 0.25) is 10.0 Å². The van der Waals surface area contributed by atoms with Crippen LogP contribution >= 0.6 is 0 Å². The van der Waals surface area contributed by atoms with Gasteiger partial charge in [-0.2, -0.15) is 0 Å². The molecule has 0 bridgehead atoms. The highest BCUT2D eigenvalue weighted by molar-refractivity contribution is 7.89. The molecule has 0 aliphatic carbocycles. The molecule has 9 nitrogen and oxygen atoms in total. The zero-order chi connectivity index (χ0) is 22.6. The van der Waals surface area contributed by atoms with Crippen LogP contribution < -0.4 is 10.4 Å². The number of sulfonamides is 1. The second-order valence-electron chi connectivity index (χ2n) is 7.60. The van der Waals surface area contributed by atoms with Gasteiger partial charge < -0.3 is 14.5 Å². The molecule has 1 saturated heterocycles. The number of hydrogen-bond acceptors (Lipinski definition) is 6. The van der Waals surface area contributed by atoms with Gasteiger partial charge in [-0.3, -0.25) is 4.57 Å². The number of nitrogens with one attached hydrogen (secondary N) is 2. The zero-order valence-electron chi connectivity index (χ0n) is 17.5. The number of fused-ring (bicyclic) bond motifs is 1. The van der Waals surface area contributed by atoms with Crippen LogP contribution in [0.3, 0.4) is 0 Å². The van der Waals surface area contributed by atoms with E-state index in [1.807, 2.05) is 24.3 Å². The number of aromatic amines is 1. The van der Waals surface area contributed by atoms with Gasteiger partial charge in [0, 0.05) is 19.7 Å². The van der Waals surface area contributed by atoms with Crippen LogP contribution in [0.15, 0.2) is 58.2 Å². The first kappa shape index (κ1) is 22.3. The maximum absolute atomic E-state index is 12.4. The molecular formula is C22H25N3O6S. The molecule has 170 valence electrons. The van der Waals surface area contributed by atoms with E-state index in [2.05, 4.69) is 9.71 Å². The van der Waals surface area contributed by atoms with Gasteiger partial charge >= 0.3 is 11.7 Å². The minimum atomic E-state index is -3.68. The largest absolute Gasteiger partial charge is 0.462 e. The van der Waals surface area contributed by atoms with Gasteiger partial charge in [-0.25, -0.2) is 22.7 Å². The third-order valence-electron chi connectivity index (χ3n) is 5.37. The molecule has 0 spiro atoms. The SMILES string of the molecule is O=C(OCCCn1c(=O)[nH]c2ccccc21)c1ccc(S(=O)(=O)NC[C@H]2CCCO2)cc1. The summed E-state index contributed by atoms with van der Waals surface area (Å²) >= 11 is 0. The maximum Gasteiger partial charge on any atom is 0.338 e. The average molecular weight is 460 g/mol. The Kier molecular flexibility index (Phi) is 6.73. The molecule has 32 heavy (non-hydrogen) atoms. The highest BCUT2D eigenvalue weighted by Gasteiger charge is 2.20. The first-order valence-electron chi connectivity index (χ1n) is 10.5. The van der Waals surface area contributed by atoms with E-state index in [0.717, 1.165) is 23.9 Å². The second-order valence-corrected chi connectivity index (χ2v) is 9.37. The number of aryl methyl sites for hydroxylation is 1. The summed E-state index contributed by atoms with van der Waals surface area (Å²) in [7, 11) is -3.68. The van der Waals surface area contributed by atoms with Crippen molar-refractivity contribution in [3.63, 3.8) is 0 Å². The molecular weight excluding hydrogens is 434 g/mol. The van der Waals surface area contributed by atoms with Crippen LogP contribution in [0.2, 0.25) is 0 Å². The summed E-state index contributed by atoms with van der Waals surface area (Å²) in [5.74, 6) is -0.549. The zero-order valence-corrected chi connectivity index (χ0v) is 18.3. The summed E-state index contributed by atoms with van der Waals surface area (Å²) < 4.78 is 39.6. The standard InChI is InChI=1S/C22H25N3O6S/c26-21(31-14-4-12-25-20-7-2-1-6-19(20)24-22(25)27)16-8-10-18(11-9-16)32(28,29)23-15-17-5-3-13-30-17/h1-2,6-11,17,23H,3-5,12-15H2,(H,24,27)/t17-/m1/s1. The smallest absolute Gasteiger partial charge is 0.338 e. The van der Waals surface area contributed by atoms with E-state index in [0.29, 0.717) is 19.6 Å². The Bertz CT molecular complexity index is 1240. The lowest BCUT2D eigenvalue weighted by Crippen LogP contribution is -2.31. The Morgan fingerprint density at radius 3 is 2.72 bits per heavy atom. The Balaban J connectivity index is 1.28. The lowest BCUT2D eigenvalue weighted by molar-refractivity contribution is 0.0496. The molecule has 1 aliphatic heterocycles. The Labute approximate surface area is 185 Å². The lowest BCUT2D eigenvalue weighted by Gasteiger charge is -2.11. The van der Waals surface area contributed by atoms with Crippen molar-refractivity contribution < 1.29 is 22.7 Å². The number of para-hydroxylation sites is 2. The van der Waals surface area contributed by atoms with E-state index in [1.54, 1.807) is 4.57 Å². The summed E-state index contributed by atoms with van der Waals surface area (Å²) in [6.45, 7) is 1.42. The molecule has 3 aromatic rings. The van der Waals surface area contributed by atoms with E-state index in [4.69, 9.17) is 9.47 Å². The summed E-state index contributed by atoms with van der Waals surface area (Å²) in [6.07, 6.45) is 2.14. The Hall–Kier alpha value is -2.95. The van der Waals surface area contributed by atoms with E-state index in [9.17, 15) is 18.0 Å². The predicted octanol–water partition coefficient (Wildman–Crippen LogP) is 2.03. The van der Waals surface area contributed by atoms with Crippen LogP contribution in [0.5, 0.6) is 0 Å². The first-order valence-corrected chi connectivity index (χ1v) is 12.0. The fourth-order valence-corrected chi connectivity index (χ4v) is 4.73. The number of nitrogens with zero attached hydrogens (tertiary/aromatic N) is 1. The third-order valence-corrected chi connectivity index (χ3v) is 6.81. The van der Waals surface area contributed by atoms with Crippen LogP contribution in [0.25, 0.3) is 11.0 Å². The molecule has 0 unspecified atom stereocenters. The number of imidazole rings is 1. The van der Waals surface area contributed by atoms with E-state index in [-0.39, 0.29) is 35.4 Å². The molecule has 2 aromatic carbocycles. The summed E-state index contributed by atoms with van der Waals surface area (Å²) in [5.41, 5.74) is 1.61. The van der Waals surface area contributed by atoms with E-state index < -0.39 is 16.0 Å². The molecule has 1 fully saturated rings. The summed E-state index contributed by atoms with van der Waals surface area (Å²) in [4.78, 5) is 27.2. The van der Waals surface area contributed by atoms with Crippen molar-refractivity contribution in [1.29, 1.82) is 0 Å². The minimum absolute atomic E-state index is 0.0748. The molecule has 4 rings (SSSR count). The van der Waals surface area contributed by atoms with Crippen molar-refractivity contribution in [2.45, 2.75) is 36.8 Å². The molecule has 10 heteroatoms. The molecule has 1 aromatic heterocycles. The lowest BCUT2D eigenvalue weighted by atomic mass is 10.2. The third kappa shape index (κ3) is 5.09. The summed E-state index contributed by atoms with van der Waals surface area (Å²) in [5, 5.41) is 0. The van der Waals surface area contributed by atoms with Crippen LogP contribution in [0.1, 0.15) is 29.6 Å². The second kappa shape index (κ2) is 9.68. The van der Waals surface area contributed by atoms with Gasteiger partial charge in [-0.15, -0.1) is 0 Å². The molecule has 1 atom stereocenters. The Morgan fingerprint density at radius 1 is 1.19 bits per heavy atom. The van der Waals surface area contributed by atoms with Crippen LogP contribution in [0.4, 0.5) is 0 Å². The van der Waals surface area contributed by atoms with Crippen molar-refractivity contribution >= 4 is 27.0 Å². The number of H-pyrrole nitrogens is 1. The average Bonchev–Trinajstić information content (AvgIpc) is 3.43. The van der Waals surface area contributed by atoms with Gasteiger partial charge in [0.25, 0.3) is 0 Å². The molecule has 2 heterocycles. The van der Waals surface area contributed by atoms with Crippen molar-refractivity contribution in [2.24, 2.45) is 0 Å². The van der Waals surface area contributed by atoms with Gasteiger partial charge in [-0.1, -0.05) is 12.1 Å². The first-order chi connectivity index (χ1) is 15.4. The number of benzene rings is 2. The molecule has 0 amide bonds. The number of esters is 1. The predicted molar refractivity (Wildman–Crippen MR) is 118 cm³/mol. The monoisotopic (exact) mass is 459 g/mol. The van der Waals surface area contributed by atoms with Crippen LogP contribution in [-0.2, 0) is 26.0 Å². The maximum atomic E-state index is 12.4. The highest BCUT2D eigenvalue weighted by atomic mass is 32.2. The van der Waals surface area contributed by atoms with E-state index in [1.165, 1.54) is 24.3 Å². The minimum Gasteiger partial charge on any atom is -0.462 e. The van der Waals surface area contributed by atoms with Gasteiger partial charge in [-0.05, 0) is 55.7 Å². The number of rotatable bonds is 9. The number of hydrogen-bond donors (Lipinski definition) is 2. The van der Waals surface area contributed by atoms with Gasteiger partial charge in [0.15, 0.2) is 0 Å². The molecule has 2 N–H and O–H groups in total. The van der Waals surface area contributed by atoms with E-state index >= 15 is 0 Å². The van der Waals surface area contributed by atoms with Crippen molar-refractivity contribution in [3.05, 3.63) is 64.6 Å². The fourth-order valence-electron chi connectivity index (χ4n) is 3.66. The van der Waals surface area contributed by atoms with Crippen LogP contribution in [-0.4, -0.2) is 49.8 Å².